The van der Waals surface area contributed by atoms with E-state index in [2.05, 4.69) is 34.1 Å². The molecule has 1 aliphatic heterocycles. The lowest BCUT2D eigenvalue weighted by Crippen LogP contribution is -2.33. The summed E-state index contributed by atoms with van der Waals surface area (Å²) in [4.78, 5) is 6.49. The highest BCUT2D eigenvalue weighted by molar-refractivity contribution is 5.55. The Morgan fingerprint density at radius 3 is 2.90 bits per heavy atom. The van der Waals surface area contributed by atoms with Gasteiger partial charge < -0.3 is 14.7 Å². The molecule has 0 unspecified atom stereocenters. The number of aliphatic hydroxyl groups excluding tert-OH is 1. The standard InChI is InChI=1S/C17H20N2O2/c20-13-15-7-8-16(12-18-15)21-11-10-19-9-3-5-14-4-1-2-6-17(14)19/h1-2,4,6-8,12,20H,3,5,9-11,13H2. The maximum absolute atomic E-state index is 8.96. The van der Waals surface area contributed by atoms with E-state index in [9.17, 15) is 0 Å². The zero-order valence-electron chi connectivity index (χ0n) is 12.0. The van der Waals surface area contributed by atoms with Crippen molar-refractivity contribution in [3.05, 3.63) is 53.9 Å². The summed E-state index contributed by atoms with van der Waals surface area (Å²) in [6, 6.07) is 12.2. The van der Waals surface area contributed by atoms with Crippen molar-refractivity contribution in [1.82, 2.24) is 4.98 Å². The van der Waals surface area contributed by atoms with E-state index in [0.717, 1.165) is 18.8 Å². The number of fused-ring (bicyclic) bond motifs is 1. The maximum atomic E-state index is 8.96. The van der Waals surface area contributed by atoms with Gasteiger partial charge in [0.15, 0.2) is 0 Å². The summed E-state index contributed by atoms with van der Waals surface area (Å²) in [6.07, 6.45) is 4.03. The number of hydrogen-bond acceptors (Lipinski definition) is 4. The smallest absolute Gasteiger partial charge is 0.137 e. The average Bonchev–Trinajstić information content (AvgIpc) is 2.56. The monoisotopic (exact) mass is 284 g/mol. The third kappa shape index (κ3) is 3.34. The SMILES string of the molecule is OCc1ccc(OCCN2CCCc3ccccc32)cn1. The normalized spacial score (nSPS) is 13.9. The van der Waals surface area contributed by atoms with E-state index in [0.29, 0.717) is 12.3 Å². The zero-order chi connectivity index (χ0) is 14.5. The molecule has 0 saturated carbocycles. The first-order chi connectivity index (χ1) is 10.4. The van der Waals surface area contributed by atoms with Crippen LogP contribution in [0.2, 0.25) is 0 Å². The number of nitrogens with zero attached hydrogens (tertiary/aromatic N) is 2. The highest BCUT2D eigenvalue weighted by Gasteiger charge is 2.15. The van der Waals surface area contributed by atoms with Crippen LogP contribution in [0.4, 0.5) is 5.69 Å². The van der Waals surface area contributed by atoms with Crippen molar-refractivity contribution in [1.29, 1.82) is 0 Å². The van der Waals surface area contributed by atoms with E-state index in [-0.39, 0.29) is 6.61 Å². The van der Waals surface area contributed by atoms with Gasteiger partial charge in [0.2, 0.25) is 0 Å². The molecular formula is C17H20N2O2. The predicted octanol–water partition coefficient (Wildman–Crippen LogP) is 2.41. The van der Waals surface area contributed by atoms with E-state index in [1.807, 2.05) is 6.07 Å². The molecule has 0 fully saturated rings. The molecule has 1 N–H and O–H groups in total. The van der Waals surface area contributed by atoms with Crippen LogP contribution in [-0.4, -0.2) is 29.8 Å². The number of aryl methyl sites for hydroxylation is 1. The molecule has 0 spiro atoms. The van der Waals surface area contributed by atoms with E-state index in [4.69, 9.17) is 9.84 Å². The molecule has 3 rings (SSSR count). The van der Waals surface area contributed by atoms with Crippen molar-refractivity contribution in [3.63, 3.8) is 0 Å². The molecule has 2 aromatic rings. The summed E-state index contributed by atoms with van der Waals surface area (Å²) in [5, 5.41) is 8.96. The van der Waals surface area contributed by atoms with Crippen LogP contribution in [0.1, 0.15) is 17.7 Å². The Hall–Kier alpha value is -2.07. The molecule has 0 atom stereocenters. The number of ether oxygens (including phenoxy) is 1. The molecule has 1 aliphatic rings. The Morgan fingerprint density at radius 1 is 1.19 bits per heavy atom. The minimum Gasteiger partial charge on any atom is -0.490 e. The summed E-state index contributed by atoms with van der Waals surface area (Å²) in [7, 11) is 0. The van der Waals surface area contributed by atoms with Gasteiger partial charge in [0.05, 0.1) is 25.0 Å². The van der Waals surface area contributed by atoms with E-state index in [1.165, 1.54) is 24.1 Å². The zero-order valence-corrected chi connectivity index (χ0v) is 12.0. The molecular weight excluding hydrogens is 264 g/mol. The van der Waals surface area contributed by atoms with Gasteiger partial charge in [0.25, 0.3) is 0 Å². The quantitative estimate of drug-likeness (QED) is 0.916. The largest absolute Gasteiger partial charge is 0.490 e. The lowest BCUT2D eigenvalue weighted by atomic mass is 10.0. The molecule has 0 saturated heterocycles. The summed E-state index contributed by atoms with van der Waals surface area (Å²) < 4.78 is 5.74. The number of para-hydroxylation sites is 1. The van der Waals surface area contributed by atoms with Gasteiger partial charge in [-0.05, 0) is 36.6 Å². The fourth-order valence-electron chi connectivity index (χ4n) is 2.71. The first kappa shape index (κ1) is 13.9. The number of anilines is 1. The number of pyridine rings is 1. The number of benzene rings is 1. The van der Waals surface area contributed by atoms with E-state index >= 15 is 0 Å². The van der Waals surface area contributed by atoms with Gasteiger partial charge in [-0.2, -0.15) is 0 Å². The molecule has 1 aromatic heterocycles. The van der Waals surface area contributed by atoms with Crippen LogP contribution in [0.15, 0.2) is 42.6 Å². The van der Waals surface area contributed by atoms with Crippen molar-refractivity contribution in [2.24, 2.45) is 0 Å². The van der Waals surface area contributed by atoms with Crippen molar-refractivity contribution in [2.75, 3.05) is 24.6 Å². The highest BCUT2D eigenvalue weighted by Crippen LogP contribution is 2.26. The molecule has 2 heterocycles. The second-order valence-corrected chi connectivity index (χ2v) is 5.21. The van der Waals surface area contributed by atoms with E-state index < -0.39 is 0 Å². The summed E-state index contributed by atoms with van der Waals surface area (Å²) in [6.45, 7) is 2.56. The van der Waals surface area contributed by atoms with Crippen molar-refractivity contribution in [3.8, 4) is 5.75 Å². The van der Waals surface area contributed by atoms with Gasteiger partial charge >= 0.3 is 0 Å². The Labute approximate surface area is 125 Å². The number of aliphatic hydroxyl groups is 1. The first-order valence-electron chi connectivity index (χ1n) is 7.38. The van der Waals surface area contributed by atoms with Crippen LogP contribution in [0.5, 0.6) is 5.75 Å². The van der Waals surface area contributed by atoms with Crippen LogP contribution in [0.25, 0.3) is 0 Å². The van der Waals surface area contributed by atoms with Gasteiger partial charge in [-0.1, -0.05) is 18.2 Å². The van der Waals surface area contributed by atoms with Crippen LogP contribution in [-0.2, 0) is 13.0 Å². The van der Waals surface area contributed by atoms with Crippen LogP contribution >= 0.6 is 0 Å². The van der Waals surface area contributed by atoms with Crippen molar-refractivity contribution in [2.45, 2.75) is 19.4 Å². The third-order valence-electron chi connectivity index (χ3n) is 3.80. The first-order valence-corrected chi connectivity index (χ1v) is 7.38. The molecule has 0 bridgehead atoms. The van der Waals surface area contributed by atoms with Gasteiger partial charge in [-0.25, -0.2) is 0 Å². The second-order valence-electron chi connectivity index (χ2n) is 5.21. The average molecular weight is 284 g/mol. The molecule has 1 aromatic carbocycles. The Morgan fingerprint density at radius 2 is 2.10 bits per heavy atom. The molecule has 0 aliphatic carbocycles. The predicted molar refractivity (Wildman–Crippen MR) is 82.6 cm³/mol. The molecule has 4 heteroatoms. The Kier molecular flexibility index (Phi) is 4.36. The van der Waals surface area contributed by atoms with Crippen LogP contribution in [0.3, 0.4) is 0 Å². The van der Waals surface area contributed by atoms with Crippen molar-refractivity contribution < 1.29 is 9.84 Å². The lowest BCUT2D eigenvalue weighted by molar-refractivity contribution is 0.275. The fraction of sp³-hybridized carbons (Fsp3) is 0.353. The minimum absolute atomic E-state index is 0.0369. The molecule has 110 valence electrons. The minimum atomic E-state index is -0.0369. The van der Waals surface area contributed by atoms with Gasteiger partial charge in [0, 0.05) is 12.2 Å². The summed E-state index contributed by atoms with van der Waals surface area (Å²) in [5.41, 5.74) is 3.42. The topological polar surface area (TPSA) is 45.6 Å². The lowest BCUT2D eigenvalue weighted by Gasteiger charge is -2.31. The summed E-state index contributed by atoms with van der Waals surface area (Å²) in [5.74, 6) is 0.748. The van der Waals surface area contributed by atoms with Gasteiger partial charge in [-0.15, -0.1) is 0 Å². The number of hydrogen-bond donors (Lipinski definition) is 1. The Bertz CT molecular complexity index is 584. The van der Waals surface area contributed by atoms with Crippen LogP contribution < -0.4 is 9.64 Å². The molecule has 21 heavy (non-hydrogen) atoms. The molecule has 0 radical (unpaired) electrons. The fourth-order valence-corrected chi connectivity index (χ4v) is 2.71. The van der Waals surface area contributed by atoms with Gasteiger partial charge in [0.1, 0.15) is 12.4 Å². The number of rotatable bonds is 5. The Balaban J connectivity index is 1.56. The number of aromatic nitrogens is 1. The van der Waals surface area contributed by atoms with Crippen LogP contribution in [0, 0.1) is 0 Å². The second kappa shape index (κ2) is 6.59. The third-order valence-corrected chi connectivity index (χ3v) is 3.80. The highest BCUT2D eigenvalue weighted by atomic mass is 16.5. The summed E-state index contributed by atoms with van der Waals surface area (Å²) >= 11 is 0. The molecule has 0 amide bonds. The van der Waals surface area contributed by atoms with E-state index in [1.54, 1.807) is 12.3 Å². The molecule has 4 nitrogen and oxygen atoms in total. The maximum Gasteiger partial charge on any atom is 0.137 e. The van der Waals surface area contributed by atoms with Crippen molar-refractivity contribution >= 4 is 5.69 Å². The van der Waals surface area contributed by atoms with Gasteiger partial charge in [-0.3, -0.25) is 4.98 Å².